The van der Waals surface area contributed by atoms with Gasteiger partial charge in [0.05, 0.1) is 4.90 Å². The summed E-state index contributed by atoms with van der Waals surface area (Å²) >= 11 is 0. The van der Waals surface area contributed by atoms with Crippen molar-refractivity contribution in [3.8, 4) is 0 Å². The van der Waals surface area contributed by atoms with Gasteiger partial charge in [-0.05, 0) is 59.5 Å². The maximum atomic E-state index is 13.0. The average Bonchev–Trinajstić information content (AvgIpc) is 2.49. The summed E-state index contributed by atoms with van der Waals surface area (Å²) in [6.45, 7) is 9.31. The Bertz CT molecular complexity index is 633. The third-order valence-corrected chi connectivity index (χ3v) is 6.79. The highest BCUT2D eigenvalue weighted by Gasteiger charge is 2.36. The highest BCUT2D eigenvalue weighted by atomic mass is 32.2. The second kappa shape index (κ2) is 7.95. The number of aryl methyl sites for hydroxylation is 1. The van der Waals surface area contributed by atoms with Crippen LogP contribution in [0.4, 0.5) is 0 Å². The molecule has 2 unspecified atom stereocenters. The molecule has 1 aromatic rings. The monoisotopic (exact) mass is 353 g/mol. The standard InChI is InChI=1S/C18H31N3O2S/c1-15-9-6-7-10-18(15)24(22,23)20-13-16(2)21(17(3)14-20)12-8-11-19(4)5/h6-7,9-10,16-17H,8,11-14H2,1-5H3. The van der Waals surface area contributed by atoms with Gasteiger partial charge >= 0.3 is 0 Å². The van der Waals surface area contributed by atoms with Crippen LogP contribution in [0.1, 0.15) is 25.8 Å². The van der Waals surface area contributed by atoms with Crippen molar-refractivity contribution in [1.82, 2.24) is 14.1 Å². The zero-order chi connectivity index (χ0) is 17.9. The van der Waals surface area contributed by atoms with E-state index >= 15 is 0 Å². The van der Waals surface area contributed by atoms with Crippen LogP contribution in [0.2, 0.25) is 0 Å². The van der Waals surface area contributed by atoms with Gasteiger partial charge in [0.1, 0.15) is 0 Å². The van der Waals surface area contributed by atoms with Gasteiger partial charge in [0.2, 0.25) is 10.0 Å². The summed E-state index contributed by atoms with van der Waals surface area (Å²) in [5.74, 6) is 0. The third-order valence-electron chi connectivity index (χ3n) is 4.80. The fourth-order valence-electron chi connectivity index (χ4n) is 3.50. The van der Waals surface area contributed by atoms with Gasteiger partial charge in [0.25, 0.3) is 0 Å². The first kappa shape index (κ1) is 19.4. The van der Waals surface area contributed by atoms with E-state index in [1.54, 1.807) is 16.4 Å². The number of sulfonamides is 1. The second-order valence-electron chi connectivity index (χ2n) is 7.18. The predicted molar refractivity (Wildman–Crippen MR) is 98.7 cm³/mol. The minimum absolute atomic E-state index is 0.231. The van der Waals surface area contributed by atoms with Crippen molar-refractivity contribution in [1.29, 1.82) is 0 Å². The van der Waals surface area contributed by atoms with Crippen LogP contribution in [-0.4, -0.2) is 74.9 Å². The molecular formula is C18H31N3O2S. The van der Waals surface area contributed by atoms with Crippen molar-refractivity contribution in [2.75, 3.05) is 40.3 Å². The smallest absolute Gasteiger partial charge is 0.243 e. The van der Waals surface area contributed by atoms with Gasteiger partial charge in [0.15, 0.2) is 0 Å². The summed E-state index contributed by atoms with van der Waals surface area (Å²) in [6.07, 6.45) is 1.10. The Balaban J connectivity index is 2.09. The summed E-state index contributed by atoms with van der Waals surface area (Å²) in [7, 11) is 0.748. The van der Waals surface area contributed by atoms with E-state index in [1.807, 2.05) is 19.1 Å². The Morgan fingerprint density at radius 1 is 1.12 bits per heavy atom. The SMILES string of the molecule is Cc1ccccc1S(=O)(=O)N1CC(C)N(CCCN(C)C)C(C)C1. The molecule has 5 nitrogen and oxygen atoms in total. The van der Waals surface area contributed by atoms with E-state index < -0.39 is 10.0 Å². The number of piperazine rings is 1. The first-order valence-corrected chi connectivity index (χ1v) is 10.1. The van der Waals surface area contributed by atoms with Crippen molar-refractivity contribution in [2.45, 2.75) is 44.2 Å². The second-order valence-corrected chi connectivity index (χ2v) is 9.09. The largest absolute Gasteiger partial charge is 0.309 e. The first-order valence-electron chi connectivity index (χ1n) is 8.69. The van der Waals surface area contributed by atoms with Crippen LogP contribution in [0, 0.1) is 6.92 Å². The third kappa shape index (κ3) is 4.36. The molecule has 0 bridgehead atoms. The summed E-state index contributed by atoms with van der Waals surface area (Å²) in [6, 6.07) is 7.71. The zero-order valence-electron chi connectivity index (χ0n) is 15.6. The molecule has 1 aliphatic rings. The molecule has 136 valence electrons. The lowest BCUT2D eigenvalue weighted by atomic mass is 10.1. The first-order chi connectivity index (χ1) is 11.2. The highest BCUT2D eigenvalue weighted by molar-refractivity contribution is 7.89. The van der Waals surface area contributed by atoms with Gasteiger partial charge in [-0.2, -0.15) is 4.31 Å². The summed E-state index contributed by atoms with van der Waals surface area (Å²) in [5, 5.41) is 0. The number of benzene rings is 1. The van der Waals surface area contributed by atoms with Crippen LogP contribution in [0.15, 0.2) is 29.2 Å². The fourth-order valence-corrected chi connectivity index (χ4v) is 5.33. The lowest BCUT2D eigenvalue weighted by Gasteiger charge is -2.44. The molecule has 24 heavy (non-hydrogen) atoms. The number of nitrogens with zero attached hydrogens (tertiary/aromatic N) is 3. The maximum absolute atomic E-state index is 13.0. The molecule has 0 amide bonds. The quantitative estimate of drug-likeness (QED) is 0.785. The van der Waals surface area contributed by atoms with E-state index in [0.717, 1.165) is 25.1 Å². The maximum Gasteiger partial charge on any atom is 0.243 e. The Labute approximate surface area is 147 Å². The Morgan fingerprint density at radius 2 is 1.71 bits per heavy atom. The van der Waals surface area contributed by atoms with E-state index in [1.165, 1.54) is 0 Å². The Kier molecular flexibility index (Phi) is 6.42. The van der Waals surface area contributed by atoms with E-state index in [2.05, 4.69) is 37.7 Å². The summed E-state index contributed by atoms with van der Waals surface area (Å²) < 4.78 is 27.7. The van der Waals surface area contributed by atoms with Gasteiger partial charge in [-0.25, -0.2) is 8.42 Å². The van der Waals surface area contributed by atoms with Crippen LogP contribution in [-0.2, 0) is 10.0 Å². The van der Waals surface area contributed by atoms with E-state index in [0.29, 0.717) is 18.0 Å². The highest BCUT2D eigenvalue weighted by Crippen LogP contribution is 2.25. The Hall–Kier alpha value is -0.950. The van der Waals surface area contributed by atoms with Gasteiger partial charge in [0, 0.05) is 31.7 Å². The van der Waals surface area contributed by atoms with Crippen molar-refractivity contribution >= 4 is 10.0 Å². The van der Waals surface area contributed by atoms with Crippen molar-refractivity contribution in [3.63, 3.8) is 0 Å². The van der Waals surface area contributed by atoms with E-state index in [9.17, 15) is 8.42 Å². The normalized spacial score (nSPS) is 23.8. The molecule has 0 aromatic heterocycles. The number of hydrogen-bond donors (Lipinski definition) is 0. The topological polar surface area (TPSA) is 43.9 Å². The fraction of sp³-hybridized carbons (Fsp3) is 0.667. The molecule has 1 aliphatic heterocycles. The molecule has 1 saturated heterocycles. The van der Waals surface area contributed by atoms with E-state index in [4.69, 9.17) is 0 Å². The molecule has 1 fully saturated rings. The molecular weight excluding hydrogens is 322 g/mol. The van der Waals surface area contributed by atoms with Crippen LogP contribution in [0.5, 0.6) is 0 Å². The number of rotatable bonds is 6. The molecule has 1 aromatic carbocycles. The van der Waals surface area contributed by atoms with Crippen LogP contribution < -0.4 is 0 Å². The molecule has 2 atom stereocenters. The predicted octanol–water partition coefficient (Wildman–Crippen LogP) is 2.03. The lowest BCUT2D eigenvalue weighted by Crippen LogP contribution is -2.58. The summed E-state index contributed by atoms with van der Waals surface area (Å²) in [5.41, 5.74) is 0.811. The lowest BCUT2D eigenvalue weighted by molar-refractivity contribution is 0.0740. The molecule has 0 N–H and O–H groups in total. The van der Waals surface area contributed by atoms with Crippen LogP contribution in [0.25, 0.3) is 0 Å². The van der Waals surface area contributed by atoms with Gasteiger partial charge in [-0.15, -0.1) is 0 Å². The molecule has 0 spiro atoms. The minimum atomic E-state index is -3.42. The van der Waals surface area contributed by atoms with Gasteiger partial charge < -0.3 is 4.90 Å². The molecule has 6 heteroatoms. The molecule has 2 rings (SSSR count). The van der Waals surface area contributed by atoms with Crippen molar-refractivity contribution < 1.29 is 8.42 Å². The molecule has 0 saturated carbocycles. The van der Waals surface area contributed by atoms with Crippen LogP contribution in [0.3, 0.4) is 0 Å². The summed E-state index contributed by atoms with van der Waals surface area (Å²) in [4.78, 5) is 5.06. The van der Waals surface area contributed by atoms with Gasteiger partial charge in [-0.1, -0.05) is 18.2 Å². The Morgan fingerprint density at radius 3 is 2.25 bits per heavy atom. The minimum Gasteiger partial charge on any atom is -0.309 e. The molecule has 0 aliphatic carbocycles. The van der Waals surface area contributed by atoms with Crippen molar-refractivity contribution in [2.24, 2.45) is 0 Å². The van der Waals surface area contributed by atoms with Crippen LogP contribution >= 0.6 is 0 Å². The zero-order valence-corrected chi connectivity index (χ0v) is 16.4. The number of hydrogen-bond acceptors (Lipinski definition) is 4. The van der Waals surface area contributed by atoms with Gasteiger partial charge in [-0.3, -0.25) is 4.90 Å². The van der Waals surface area contributed by atoms with E-state index in [-0.39, 0.29) is 12.1 Å². The molecule has 0 radical (unpaired) electrons. The average molecular weight is 354 g/mol. The molecule has 1 heterocycles. The van der Waals surface area contributed by atoms with Crippen molar-refractivity contribution in [3.05, 3.63) is 29.8 Å².